The lowest BCUT2D eigenvalue weighted by Crippen LogP contribution is -2.28. The predicted molar refractivity (Wildman–Crippen MR) is 134 cm³/mol. The van der Waals surface area contributed by atoms with Crippen molar-refractivity contribution in [3.05, 3.63) is 35.1 Å². The Morgan fingerprint density at radius 2 is 2.00 bits per heavy atom. The summed E-state index contributed by atoms with van der Waals surface area (Å²) in [6.07, 6.45) is 8.03. The minimum absolute atomic E-state index is 0.0449. The second-order valence-corrected chi connectivity index (χ2v) is 8.72. The van der Waals surface area contributed by atoms with Crippen molar-refractivity contribution in [1.29, 1.82) is 0 Å². The van der Waals surface area contributed by atoms with Gasteiger partial charge in [0.25, 0.3) is 0 Å². The van der Waals surface area contributed by atoms with Crippen LogP contribution in [0.2, 0.25) is 5.02 Å². The van der Waals surface area contributed by atoms with Gasteiger partial charge in [-0.25, -0.2) is 9.97 Å². The van der Waals surface area contributed by atoms with Crippen molar-refractivity contribution >= 4 is 46.3 Å². The number of aromatic nitrogens is 3. The summed E-state index contributed by atoms with van der Waals surface area (Å²) in [5.74, 6) is 1.26. The van der Waals surface area contributed by atoms with E-state index in [0.29, 0.717) is 65.0 Å². The summed E-state index contributed by atoms with van der Waals surface area (Å²) in [5, 5.41) is 14.9. The summed E-state index contributed by atoms with van der Waals surface area (Å²) in [5.41, 5.74) is 1.63. The molecule has 0 saturated heterocycles. The zero-order valence-corrected chi connectivity index (χ0v) is 19.9. The Balaban J connectivity index is 1.62. The number of fused-ring (bicyclic) bond motifs is 2. The van der Waals surface area contributed by atoms with Crippen LogP contribution in [0.5, 0.6) is 11.6 Å². The van der Waals surface area contributed by atoms with Gasteiger partial charge in [-0.2, -0.15) is 0 Å². The lowest BCUT2D eigenvalue weighted by Gasteiger charge is -2.17. The van der Waals surface area contributed by atoms with Crippen LogP contribution in [-0.2, 0) is 4.79 Å². The Hall–Kier alpha value is -3.33. The minimum Gasteiger partial charge on any atom is -0.494 e. The average Bonchev–Trinajstić information content (AvgIpc) is 3.16. The number of ether oxygens (including phenoxy) is 1. The van der Waals surface area contributed by atoms with E-state index >= 15 is 0 Å². The standard InChI is InChI=1S/C24H29ClN6O3/c1-31-11-6-10-26-22-21-17(24(33)30-23(21)29-15-28-22)14-27-16-8-9-18(25)19(13-16)34-12-5-3-2-4-7-20(31)32/h8-9,13-15,33H,2-7,10-12H2,1H3,(H2,26,28,29,30). The molecule has 0 unspecified atom stereocenters. The highest BCUT2D eigenvalue weighted by atomic mass is 35.5. The smallest absolute Gasteiger partial charge is 0.222 e. The Morgan fingerprint density at radius 1 is 1.15 bits per heavy atom. The Labute approximate surface area is 203 Å². The molecule has 34 heavy (non-hydrogen) atoms. The normalized spacial score (nSPS) is 16.5. The number of halogens is 1. The number of aliphatic imine (C=N–C) groups is 1. The van der Waals surface area contributed by atoms with Gasteiger partial charge in [-0.15, -0.1) is 0 Å². The van der Waals surface area contributed by atoms with Crippen LogP contribution in [0.3, 0.4) is 0 Å². The average molecular weight is 485 g/mol. The minimum atomic E-state index is -0.0449. The predicted octanol–water partition coefficient (Wildman–Crippen LogP) is 4.67. The number of nitrogens with one attached hydrogen (secondary N) is 2. The molecule has 9 nitrogen and oxygen atoms in total. The van der Waals surface area contributed by atoms with E-state index in [1.807, 2.05) is 7.05 Å². The molecule has 0 radical (unpaired) electrons. The fourth-order valence-corrected chi connectivity index (χ4v) is 4.04. The van der Waals surface area contributed by atoms with E-state index in [1.54, 1.807) is 29.3 Å². The largest absolute Gasteiger partial charge is 0.494 e. The number of aromatic amines is 1. The van der Waals surface area contributed by atoms with Crippen molar-refractivity contribution < 1.29 is 14.6 Å². The van der Waals surface area contributed by atoms with Crippen molar-refractivity contribution in [2.75, 3.05) is 32.1 Å². The Morgan fingerprint density at radius 3 is 2.88 bits per heavy atom. The molecule has 4 rings (SSSR count). The molecule has 2 bridgehead atoms. The van der Waals surface area contributed by atoms with E-state index in [0.717, 1.165) is 32.1 Å². The summed E-state index contributed by atoms with van der Waals surface area (Å²) in [6.45, 7) is 1.80. The molecular weight excluding hydrogens is 456 g/mol. The number of rotatable bonds is 0. The van der Waals surface area contributed by atoms with Crippen LogP contribution in [0.4, 0.5) is 11.5 Å². The molecule has 3 heterocycles. The summed E-state index contributed by atoms with van der Waals surface area (Å²) >= 11 is 6.30. The van der Waals surface area contributed by atoms with Gasteiger partial charge in [0.05, 0.1) is 28.3 Å². The lowest BCUT2D eigenvalue weighted by atomic mass is 10.1. The van der Waals surface area contributed by atoms with Gasteiger partial charge in [-0.3, -0.25) is 9.79 Å². The third-order valence-electron chi connectivity index (χ3n) is 5.80. The van der Waals surface area contributed by atoms with E-state index in [2.05, 4.69) is 25.3 Å². The van der Waals surface area contributed by atoms with Crippen molar-refractivity contribution in [3.63, 3.8) is 0 Å². The highest BCUT2D eigenvalue weighted by molar-refractivity contribution is 6.32. The molecule has 0 atom stereocenters. The third kappa shape index (κ3) is 5.77. The molecule has 1 amide bonds. The maximum absolute atomic E-state index is 12.4. The number of aromatic hydroxyl groups is 1. The highest BCUT2D eigenvalue weighted by Gasteiger charge is 2.16. The number of carbonyl (C=O) groups is 1. The van der Waals surface area contributed by atoms with Gasteiger partial charge in [-0.05, 0) is 31.4 Å². The third-order valence-corrected chi connectivity index (χ3v) is 6.11. The summed E-state index contributed by atoms with van der Waals surface area (Å²) < 4.78 is 5.87. The first-order valence-electron chi connectivity index (χ1n) is 11.5. The molecule has 1 aliphatic rings. The van der Waals surface area contributed by atoms with E-state index in [9.17, 15) is 9.90 Å². The molecule has 0 fully saturated rings. The Kier molecular flexibility index (Phi) is 7.84. The molecule has 1 aliphatic heterocycles. The maximum Gasteiger partial charge on any atom is 0.222 e. The quantitative estimate of drug-likeness (QED) is 0.427. The van der Waals surface area contributed by atoms with Crippen LogP contribution in [0.1, 0.15) is 44.1 Å². The van der Waals surface area contributed by atoms with Crippen LogP contribution in [0, 0.1) is 0 Å². The number of nitrogens with zero attached hydrogens (tertiary/aromatic N) is 4. The number of amides is 1. The van der Waals surface area contributed by atoms with Gasteiger partial charge < -0.3 is 25.0 Å². The second-order valence-electron chi connectivity index (χ2n) is 8.31. The molecule has 0 saturated carbocycles. The van der Waals surface area contributed by atoms with Crippen molar-refractivity contribution in [2.45, 2.75) is 38.5 Å². The fourth-order valence-electron chi connectivity index (χ4n) is 3.87. The number of benzene rings is 1. The number of hydrogen-bond donors (Lipinski definition) is 3. The number of anilines is 1. The van der Waals surface area contributed by atoms with Crippen LogP contribution >= 0.6 is 11.6 Å². The number of carbonyl (C=O) groups excluding carboxylic acids is 1. The van der Waals surface area contributed by atoms with Gasteiger partial charge in [0.15, 0.2) is 5.88 Å². The van der Waals surface area contributed by atoms with E-state index in [1.165, 1.54) is 6.33 Å². The topological polar surface area (TPSA) is 116 Å². The van der Waals surface area contributed by atoms with Crippen LogP contribution < -0.4 is 10.1 Å². The van der Waals surface area contributed by atoms with Gasteiger partial charge in [0, 0.05) is 38.8 Å². The second kappa shape index (κ2) is 11.2. The van der Waals surface area contributed by atoms with Crippen LogP contribution in [-0.4, -0.2) is 63.8 Å². The van der Waals surface area contributed by atoms with Crippen molar-refractivity contribution in [1.82, 2.24) is 19.9 Å². The number of H-pyrrole nitrogens is 1. The zero-order chi connectivity index (χ0) is 23.9. The van der Waals surface area contributed by atoms with Gasteiger partial charge in [-0.1, -0.05) is 24.4 Å². The molecule has 2 aromatic heterocycles. The van der Waals surface area contributed by atoms with E-state index < -0.39 is 0 Å². The molecule has 3 aromatic rings. The van der Waals surface area contributed by atoms with E-state index in [4.69, 9.17) is 16.3 Å². The van der Waals surface area contributed by atoms with Crippen molar-refractivity contribution in [3.8, 4) is 11.6 Å². The molecule has 10 heteroatoms. The molecule has 180 valence electrons. The van der Waals surface area contributed by atoms with Crippen molar-refractivity contribution in [2.24, 2.45) is 4.99 Å². The number of hydrogen-bond acceptors (Lipinski definition) is 7. The summed E-state index contributed by atoms with van der Waals surface area (Å²) in [7, 11) is 1.84. The molecule has 0 spiro atoms. The maximum atomic E-state index is 12.4. The first-order valence-corrected chi connectivity index (χ1v) is 11.9. The molecule has 3 N–H and O–H groups in total. The van der Waals surface area contributed by atoms with Gasteiger partial charge in [0.1, 0.15) is 23.5 Å². The van der Waals surface area contributed by atoms with Gasteiger partial charge >= 0.3 is 0 Å². The lowest BCUT2D eigenvalue weighted by molar-refractivity contribution is -0.130. The first kappa shape index (κ1) is 23.8. The van der Waals surface area contributed by atoms with Gasteiger partial charge in [0.2, 0.25) is 5.91 Å². The SMILES string of the molecule is CN1CCCNc2ncnc3[nH]c(O)c(c23)C=Nc2ccc(Cl)c(c2)OCCCCCCC1=O. The van der Waals surface area contributed by atoms with Crippen LogP contribution in [0.25, 0.3) is 11.0 Å². The molecule has 0 aliphatic carbocycles. The monoisotopic (exact) mass is 484 g/mol. The fraction of sp³-hybridized carbons (Fsp3) is 0.417. The van der Waals surface area contributed by atoms with Crippen LogP contribution in [0.15, 0.2) is 29.5 Å². The first-order chi connectivity index (χ1) is 16.5. The molecular formula is C24H29ClN6O3. The Bertz CT molecular complexity index is 1180. The zero-order valence-electron chi connectivity index (χ0n) is 19.2. The molecule has 1 aromatic carbocycles. The summed E-state index contributed by atoms with van der Waals surface area (Å²) in [4.78, 5) is 30.1. The summed E-state index contributed by atoms with van der Waals surface area (Å²) in [6, 6.07) is 5.31. The van der Waals surface area contributed by atoms with E-state index in [-0.39, 0.29) is 11.8 Å². The highest BCUT2D eigenvalue weighted by Crippen LogP contribution is 2.32.